The van der Waals surface area contributed by atoms with Crippen molar-refractivity contribution in [2.75, 3.05) is 11.9 Å². The number of hydrogen-bond acceptors (Lipinski definition) is 4. The molecule has 1 aromatic carbocycles. The van der Waals surface area contributed by atoms with Gasteiger partial charge in [-0.15, -0.1) is 0 Å². The van der Waals surface area contributed by atoms with Crippen LogP contribution in [0.5, 0.6) is 5.75 Å². The first-order valence-electron chi connectivity index (χ1n) is 5.79. The summed E-state index contributed by atoms with van der Waals surface area (Å²) >= 11 is 1.66. The molecule has 0 amide bonds. The molecule has 0 spiro atoms. The van der Waals surface area contributed by atoms with E-state index in [-0.39, 0.29) is 5.54 Å². The van der Waals surface area contributed by atoms with Crippen LogP contribution < -0.4 is 10.1 Å². The molecule has 4 heteroatoms. The quantitative estimate of drug-likeness (QED) is 0.897. The van der Waals surface area contributed by atoms with Gasteiger partial charge < -0.3 is 10.1 Å². The number of thiazole rings is 1. The van der Waals surface area contributed by atoms with Gasteiger partial charge in [0.05, 0.1) is 16.8 Å². The number of benzene rings is 1. The Labute approximate surface area is 106 Å². The molecule has 0 unspecified atom stereocenters. The second-order valence-corrected chi connectivity index (χ2v) is 5.99. The molecule has 0 atom stereocenters. The minimum atomic E-state index is 0.0383. The average molecular weight is 250 g/mol. The molecule has 1 heterocycles. The second kappa shape index (κ2) is 4.53. The zero-order chi connectivity index (χ0) is 12.5. The summed E-state index contributed by atoms with van der Waals surface area (Å²) in [6, 6.07) is 6.02. The Hall–Kier alpha value is -1.29. The minimum Gasteiger partial charge on any atom is -0.494 e. The number of rotatable bonds is 3. The summed E-state index contributed by atoms with van der Waals surface area (Å²) in [6.07, 6.45) is 0. The van der Waals surface area contributed by atoms with Crippen molar-refractivity contribution >= 4 is 26.7 Å². The summed E-state index contributed by atoms with van der Waals surface area (Å²) in [5.41, 5.74) is 1.06. The average Bonchev–Trinajstić information content (AvgIpc) is 2.56. The molecule has 0 aliphatic rings. The van der Waals surface area contributed by atoms with E-state index in [2.05, 4.69) is 31.1 Å². The molecule has 1 N–H and O–H groups in total. The van der Waals surface area contributed by atoms with Crippen molar-refractivity contribution in [1.29, 1.82) is 0 Å². The summed E-state index contributed by atoms with van der Waals surface area (Å²) in [5, 5.41) is 4.35. The SMILES string of the molecule is CCOc1ccc2nc(NC(C)(C)C)sc2c1. The van der Waals surface area contributed by atoms with Crippen molar-refractivity contribution in [3.63, 3.8) is 0 Å². The lowest BCUT2D eigenvalue weighted by Crippen LogP contribution is -2.25. The van der Waals surface area contributed by atoms with Crippen LogP contribution in [0.25, 0.3) is 10.2 Å². The summed E-state index contributed by atoms with van der Waals surface area (Å²) in [7, 11) is 0. The van der Waals surface area contributed by atoms with Crippen LogP contribution in [0.2, 0.25) is 0 Å². The number of anilines is 1. The zero-order valence-corrected chi connectivity index (χ0v) is 11.5. The lowest BCUT2D eigenvalue weighted by molar-refractivity contribution is 0.341. The summed E-state index contributed by atoms with van der Waals surface area (Å²) < 4.78 is 6.64. The molecule has 17 heavy (non-hydrogen) atoms. The predicted octanol–water partition coefficient (Wildman–Crippen LogP) is 3.91. The van der Waals surface area contributed by atoms with Gasteiger partial charge in [0.2, 0.25) is 0 Å². The third kappa shape index (κ3) is 3.09. The Balaban J connectivity index is 2.30. The van der Waals surface area contributed by atoms with Gasteiger partial charge in [0, 0.05) is 5.54 Å². The van der Waals surface area contributed by atoms with E-state index in [1.807, 2.05) is 25.1 Å². The monoisotopic (exact) mass is 250 g/mol. The highest BCUT2D eigenvalue weighted by Crippen LogP contribution is 2.30. The van der Waals surface area contributed by atoms with Crippen molar-refractivity contribution in [2.24, 2.45) is 0 Å². The van der Waals surface area contributed by atoms with Crippen LogP contribution in [0.15, 0.2) is 18.2 Å². The highest BCUT2D eigenvalue weighted by Gasteiger charge is 2.12. The fourth-order valence-electron chi connectivity index (χ4n) is 1.54. The van der Waals surface area contributed by atoms with Crippen molar-refractivity contribution < 1.29 is 4.74 Å². The number of fused-ring (bicyclic) bond motifs is 1. The summed E-state index contributed by atoms with van der Waals surface area (Å²) in [4.78, 5) is 4.55. The van der Waals surface area contributed by atoms with Crippen LogP contribution in [0, 0.1) is 0 Å². The Morgan fingerprint density at radius 1 is 1.35 bits per heavy atom. The third-order valence-corrected chi connectivity index (χ3v) is 3.09. The molecule has 92 valence electrons. The molecule has 0 aliphatic heterocycles. The van der Waals surface area contributed by atoms with Gasteiger partial charge in [-0.25, -0.2) is 4.98 Å². The summed E-state index contributed by atoms with van der Waals surface area (Å²) in [6.45, 7) is 9.07. The Morgan fingerprint density at radius 2 is 2.12 bits per heavy atom. The first-order valence-corrected chi connectivity index (χ1v) is 6.61. The molecule has 2 rings (SSSR count). The van der Waals surface area contributed by atoms with Crippen LogP contribution >= 0.6 is 11.3 Å². The maximum atomic E-state index is 5.48. The van der Waals surface area contributed by atoms with Gasteiger partial charge in [-0.3, -0.25) is 0 Å². The fourth-order valence-corrected chi connectivity index (χ4v) is 2.64. The predicted molar refractivity (Wildman–Crippen MR) is 74.2 cm³/mol. The van der Waals surface area contributed by atoms with E-state index in [0.717, 1.165) is 21.1 Å². The summed E-state index contributed by atoms with van der Waals surface area (Å²) in [5.74, 6) is 0.908. The van der Waals surface area contributed by atoms with E-state index >= 15 is 0 Å². The lowest BCUT2D eigenvalue weighted by atomic mass is 10.1. The molecule has 0 aliphatic carbocycles. The first-order chi connectivity index (χ1) is 7.98. The topological polar surface area (TPSA) is 34.1 Å². The number of nitrogens with one attached hydrogen (secondary N) is 1. The van der Waals surface area contributed by atoms with Gasteiger partial charge in [-0.1, -0.05) is 11.3 Å². The van der Waals surface area contributed by atoms with Crippen LogP contribution in [-0.4, -0.2) is 17.1 Å². The Kier molecular flexibility index (Phi) is 3.24. The van der Waals surface area contributed by atoms with Crippen LogP contribution in [0.4, 0.5) is 5.13 Å². The van der Waals surface area contributed by atoms with Gasteiger partial charge >= 0.3 is 0 Å². The van der Waals surface area contributed by atoms with Crippen LogP contribution in [0.1, 0.15) is 27.7 Å². The minimum absolute atomic E-state index is 0.0383. The molecule has 0 saturated heterocycles. The maximum absolute atomic E-state index is 5.48. The Morgan fingerprint density at radius 3 is 2.76 bits per heavy atom. The normalized spacial score (nSPS) is 11.8. The van der Waals surface area contributed by atoms with Gasteiger partial charge in [0.15, 0.2) is 5.13 Å². The van der Waals surface area contributed by atoms with Gasteiger partial charge in [-0.2, -0.15) is 0 Å². The number of hydrogen-bond donors (Lipinski definition) is 1. The van der Waals surface area contributed by atoms with E-state index < -0.39 is 0 Å². The van der Waals surface area contributed by atoms with Gasteiger partial charge in [0.25, 0.3) is 0 Å². The highest BCUT2D eigenvalue weighted by atomic mass is 32.1. The molecule has 2 aromatic rings. The third-order valence-electron chi connectivity index (χ3n) is 2.15. The van der Waals surface area contributed by atoms with E-state index in [1.165, 1.54) is 0 Å². The van der Waals surface area contributed by atoms with Crippen LogP contribution in [0.3, 0.4) is 0 Å². The fraction of sp³-hybridized carbons (Fsp3) is 0.462. The number of ether oxygens (including phenoxy) is 1. The van der Waals surface area contributed by atoms with E-state index in [9.17, 15) is 0 Å². The maximum Gasteiger partial charge on any atom is 0.184 e. The van der Waals surface area contributed by atoms with Crippen molar-refractivity contribution in [3.8, 4) is 5.75 Å². The number of aromatic nitrogens is 1. The van der Waals surface area contributed by atoms with Crippen molar-refractivity contribution in [1.82, 2.24) is 4.98 Å². The largest absolute Gasteiger partial charge is 0.494 e. The molecule has 3 nitrogen and oxygen atoms in total. The zero-order valence-electron chi connectivity index (χ0n) is 10.7. The molecule has 0 fully saturated rings. The van der Waals surface area contributed by atoms with Gasteiger partial charge in [-0.05, 0) is 45.9 Å². The molecule has 0 radical (unpaired) electrons. The first kappa shape index (κ1) is 12.2. The molecule has 0 saturated carbocycles. The molecule has 0 bridgehead atoms. The standard InChI is InChI=1S/C13H18N2OS/c1-5-16-9-6-7-10-11(8-9)17-12(14-10)15-13(2,3)4/h6-8H,5H2,1-4H3,(H,14,15). The Bertz CT molecular complexity index is 514. The van der Waals surface area contributed by atoms with Crippen molar-refractivity contribution in [2.45, 2.75) is 33.2 Å². The molecular weight excluding hydrogens is 232 g/mol. The van der Waals surface area contributed by atoms with E-state index in [1.54, 1.807) is 11.3 Å². The highest BCUT2D eigenvalue weighted by molar-refractivity contribution is 7.22. The second-order valence-electron chi connectivity index (χ2n) is 4.96. The smallest absolute Gasteiger partial charge is 0.184 e. The molecular formula is C13H18N2OS. The molecule has 1 aromatic heterocycles. The van der Waals surface area contributed by atoms with Crippen LogP contribution in [-0.2, 0) is 0 Å². The lowest BCUT2D eigenvalue weighted by Gasteiger charge is -2.19. The van der Waals surface area contributed by atoms with E-state index in [4.69, 9.17) is 4.74 Å². The van der Waals surface area contributed by atoms with Gasteiger partial charge in [0.1, 0.15) is 5.75 Å². The van der Waals surface area contributed by atoms with E-state index in [0.29, 0.717) is 6.61 Å². The van der Waals surface area contributed by atoms with Crippen molar-refractivity contribution in [3.05, 3.63) is 18.2 Å². The number of nitrogens with zero attached hydrogens (tertiary/aromatic N) is 1.